The highest BCUT2D eigenvalue weighted by Gasteiger charge is 2.13. The van der Waals surface area contributed by atoms with Crippen LogP contribution in [0, 0.1) is 3.57 Å². The fourth-order valence-electron chi connectivity index (χ4n) is 1.97. The van der Waals surface area contributed by atoms with Crippen molar-refractivity contribution in [3.05, 3.63) is 43.7 Å². The van der Waals surface area contributed by atoms with Crippen LogP contribution in [0.15, 0.2) is 28.7 Å². The zero-order chi connectivity index (χ0) is 13.8. The van der Waals surface area contributed by atoms with Crippen molar-refractivity contribution in [2.75, 3.05) is 5.32 Å². The SMILES string of the molecule is CCc1nn(CC)c(CNc2cccc(I)c2)c1Br. The van der Waals surface area contributed by atoms with E-state index in [1.165, 1.54) is 9.26 Å². The molecule has 5 heteroatoms. The summed E-state index contributed by atoms with van der Waals surface area (Å²) in [5, 5.41) is 8.06. The molecule has 0 atom stereocenters. The Hall–Kier alpha value is -0.560. The van der Waals surface area contributed by atoms with Gasteiger partial charge in [0.2, 0.25) is 0 Å². The third kappa shape index (κ3) is 3.51. The van der Waals surface area contributed by atoms with Gasteiger partial charge in [0.05, 0.1) is 22.4 Å². The Morgan fingerprint density at radius 3 is 2.79 bits per heavy atom. The van der Waals surface area contributed by atoms with Crippen LogP contribution in [-0.4, -0.2) is 9.78 Å². The Balaban J connectivity index is 2.17. The molecule has 0 saturated heterocycles. The van der Waals surface area contributed by atoms with Crippen molar-refractivity contribution in [2.45, 2.75) is 33.4 Å². The van der Waals surface area contributed by atoms with Crippen molar-refractivity contribution >= 4 is 44.2 Å². The normalized spacial score (nSPS) is 10.7. The Morgan fingerprint density at radius 2 is 2.16 bits per heavy atom. The van der Waals surface area contributed by atoms with Gasteiger partial charge in [-0.2, -0.15) is 5.10 Å². The van der Waals surface area contributed by atoms with E-state index in [0.717, 1.165) is 35.4 Å². The van der Waals surface area contributed by atoms with Crippen LogP contribution < -0.4 is 5.32 Å². The molecule has 0 aliphatic rings. The van der Waals surface area contributed by atoms with Crippen molar-refractivity contribution in [3.8, 4) is 0 Å². The van der Waals surface area contributed by atoms with E-state index < -0.39 is 0 Å². The van der Waals surface area contributed by atoms with Gasteiger partial charge in [-0.15, -0.1) is 0 Å². The molecule has 0 radical (unpaired) electrons. The number of hydrogen-bond acceptors (Lipinski definition) is 2. The number of aromatic nitrogens is 2. The summed E-state index contributed by atoms with van der Waals surface area (Å²) in [7, 11) is 0. The minimum absolute atomic E-state index is 0.779. The number of benzene rings is 1. The average molecular weight is 434 g/mol. The van der Waals surface area contributed by atoms with E-state index in [1.54, 1.807) is 0 Å². The number of halogens is 2. The Labute approximate surface area is 136 Å². The smallest absolute Gasteiger partial charge is 0.0767 e. The number of hydrogen-bond donors (Lipinski definition) is 1. The summed E-state index contributed by atoms with van der Waals surface area (Å²) in [6.07, 6.45) is 0.948. The van der Waals surface area contributed by atoms with E-state index in [4.69, 9.17) is 0 Å². The number of nitrogens with zero attached hydrogens (tertiary/aromatic N) is 2. The van der Waals surface area contributed by atoms with Crippen LogP contribution >= 0.6 is 38.5 Å². The van der Waals surface area contributed by atoms with Gasteiger partial charge in [-0.05, 0) is 70.1 Å². The summed E-state index contributed by atoms with van der Waals surface area (Å²) in [4.78, 5) is 0. The molecular weight excluding hydrogens is 417 g/mol. The maximum absolute atomic E-state index is 4.60. The van der Waals surface area contributed by atoms with Gasteiger partial charge in [-0.25, -0.2) is 0 Å². The van der Waals surface area contributed by atoms with E-state index in [-0.39, 0.29) is 0 Å². The fourth-order valence-corrected chi connectivity index (χ4v) is 3.22. The average Bonchev–Trinajstić information content (AvgIpc) is 2.72. The first kappa shape index (κ1) is 14.8. The van der Waals surface area contributed by atoms with Crippen molar-refractivity contribution in [3.63, 3.8) is 0 Å². The third-order valence-corrected chi connectivity index (χ3v) is 4.57. The maximum Gasteiger partial charge on any atom is 0.0767 e. The van der Waals surface area contributed by atoms with Crippen LogP contribution in [0.1, 0.15) is 25.2 Å². The Bertz CT molecular complexity index is 566. The standard InChI is InChI=1S/C14H17BrIN3/c1-3-12-14(15)13(19(4-2)18-12)9-17-11-7-5-6-10(16)8-11/h5-8,17H,3-4,9H2,1-2H3. The van der Waals surface area contributed by atoms with E-state index >= 15 is 0 Å². The summed E-state index contributed by atoms with van der Waals surface area (Å²) in [5.74, 6) is 0. The Kier molecular flexibility index (Phi) is 5.27. The zero-order valence-electron chi connectivity index (χ0n) is 11.1. The highest BCUT2D eigenvalue weighted by molar-refractivity contribution is 14.1. The van der Waals surface area contributed by atoms with Gasteiger partial charge in [0.1, 0.15) is 0 Å². The van der Waals surface area contributed by atoms with Gasteiger partial charge in [-0.1, -0.05) is 13.0 Å². The van der Waals surface area contributed by atoms with Crippen molar-refractivity contribution < 1.29 is 0 Å². The molecule has 102 valence electrons. The summed E-state index contributed by atoms with van der Waals surface area (Å²) in [6.45, 7) is 5.92. The van der Waals surface area contributed by atoms with E-state index in [0.29, 0.717) is 0 Å². The molecular formula is C14H17BrIN3. The molecule has 2 aromatic rings. The van der Waals surface area contributed by atoms with Crippen molar-refractivity contribution in [1.82, 2.24) is 9.78 Å². The number of anilines is 1. The van der Waals surface area contributed by atoms with Gasteiger partial charge in [0.15, 0.2) is 0 Å². The second-order valence-electron chi connectivity index (χ2n) is 4.24. The van der Waals surface area contributed by atoms with Crippen LogP contribution in [0.4, 0.5) is 5.69 Å². The molecule has 0 aliphatic heterocycles. The van der Waals surface area contributed by atoms with Gasteiger partial charge < -0.3 is 5.32 Å². The van der Waals surface area contributed by atoms with Crippen LogP contribution in [0.3, 0.4) is 0 Å². The molecule has 0 fully saturated rings. The van der Waals surface area contributed by atoms with E-state index in [9.17, 15) is 0 Å². The summed E-state index contributed by atoms with van der Waals surface area (Å²) in [5.41, 5.74) is 3.47. The first-order valence-electron chi connectivity index (χ1n) is 6.39. The molecule has 1 heterocycles. The third-order valence-electron chi connectivity index (χ3n) is 2.98. The monoisotopic (exact) mass is 433 g/mol. The van der Waals surface area contributed by atoms with E-state index in [2.05, 4.69) is 91.7 Å². The van der Waals surface area contributed by atoms with Crippen LogP contribution in [-0.2, 0) is 19.5 Å². The lowest BCUT2D eigenvalue weighted by molar-refractivity contribution is 0.619. The highest BCUT2D eigenvalue weighted by atomic mass is 127. The van der Waals surface area contributed by atoms with Crippen LogP contribution in [0.2, 0.25) is 0 Å². The lowest BCUT2D eigenvalue weighted by Crippen LogP contribution is -2.08. The minimum atomic E-state index is 0.779. The molecule has 2 rings (SSSR count). The molecule has 0 bridgehead atoms. The quantitative estimate of drug-likeness (QED) is 0.706. The molecule has 0 spiro atoms. The number of nitrogens with one attached hydrogen (secondary N) is 1. The van der Waals surface area contributed by atoms with Crippen LogP contribution in [0.5, 0.6) is 0 Å². The van der Waals surface area contributed by atoms with Crippen LogP contribution in [0.25, 0.3) is 0 Å². The molecule has 0 saturated carbocycles. The van der Waals surface area contributed by atoms with Crippen molar-refractivity contribution in [2.24, 2.45) is 0 Å². The molecule has 0 aliphatic carbocycles. The molecule has 1 aromatic heterocycles. The fraction of sp³-hybridized carbons (Fsp3) is 0.357. The Morgan fingerprint density at radius 1 is 1.37 bits per heavy atom. The molecule has 1 aromatic carbocycles. The van der Waals surface area contributed by atoms with E-state index in [1.807, 2.05) is 0 Å². The predicted octanol–water partition coefficient (Wildman–Crippen LogP) is 4.44. The lowest BCUT2D eigenvalue weighted by Gasteiger charge is -2.09. The number of aryl methyl sites for hydroxylation is 2. The number of rotatable bonds is 5. The van der Waals surface area contributed by atoms with Crippen molar-refractivity contribution in [1.29, 1.82) is 0 Å². The van der Waals surface area contributed by atoms with Gasteiger partial charge >= 0.3 is 0 Å². The largest absolute Gasteiger partial charge is 0.379 e. The summed E-state index contributed by atoms with van der Waals surface area (Å²) >= 11 is 5.99. The summed E-state index contributed by atoms with van der Waals surface area (Å²) in [6, 6.07) is 8.38. The second kappa shape index (κ2) is 6.74. The van der Waals surface area contributed by atoms with Gasteiger partial charge in [-0.3, -0.25) is 4.68 Å². The second-order valence-corrected chi connectivity index (χ2v) is 6.28. The van der Waals surface area contributed by atoms with Gasteiger partial charge in [0.25, 0.3) is 0 Å². The topological polar surface area (TPSA) is 29.9 Å². The lowest BCUT2D eigenvalue weighted by atomic mass is 10.3. The molecule has 0 amide bonds. The zero-order valence-corrected chi connectivity index (χ0v) is 14.8. The molecule has 19 heavy (non-hydrogen) atoms. The molecule has 0 unspecified atom stereocenters. The molecule has 3 nitrogen and oxygen atoms in total. The summed E-state index contributed by atoms with van der Waals surface area (Å²) < 4.78 is 4.43. The first-order chi connectivity index (χ1) is 9.15. The van der Waals surface area contributed by atoms with Gasteiger partial charge in [0, 0.05) is 15.8 Å². The minimum Gasteiger partial charge on any atom is -0.379 e. The predicted molar refractivity (Wildman–Crippen MR) is 91.5 cm³/mol. The highest BCUT2D eigenvalue weighted by Crippen LogP contribution is 2.23. The molecule has 1 N–H and O–H groups in total. The maximum atomic E-state index is 4.60. The first-order valence-corrected chi connectivity index (χ1v) is 8.26.